The first kappa shape index (κ1) is 28.3. The SMILES string of the molecule is COc1c(F)cc(C(C)C)cc1C(C(=O)O)N1CCC(N(C)CCCCCc2ccc3c(n2)NCCC3)C1. The van der Waals surface area contributed by atoms with Crippen molar-refractivity contribution >= 4 is 11.8 Å². The second kappa shape index (κ2) is 12.9. The molecule has 0 bridgehead atoms. The van der Waals surface area contributed by atoms with Crippen molar-refractivity contribution in [2.24, 2.45) is 0 Å². The average molecular weight is 527 g/mol. The highest BCUT2D eigenvalue weighted by Gasteiger charge is 2.37. The standard InChI is InChI=1S/C30H43FN4O3/c1-20(2)22-17-25(28(38-4)26(31)18-22)27(30(36)37)35-16-13-24(19-35)34(3)15-7-5-6-10-23-12-11-21-9-8-14-32-29(21)33-23/h11-12,17-18,20,24,27H,5-10,13-16,19H2,1-4H3,(H,32,33)(H,36,37). The van der Waals surface area contributed by atoms with Gasteiger partial charge < -0.3 is 20.1 Å². The van der Waals surface area contributed by atoms with Crippen LogP contribution < -0.4 is 10.1 Å². The van der Waals surface area contributed by atoms with Crippen LogP contribution in [-0.2, 0) is 17.6 Å². The molecule has 3 heterocycles. The Morgan fingerprint density at radius 2 is 2.11 bits per heavy atom. The molecule has 0 aliphatic carbocycles. The van der Waals surface area contributed by atoms with Crippen LogP contribution in [0.25, 0.3) is 0 Å². The molecule has 1 aromatic heterocycles. The number of nitrogens with zero attached hydrogens (tertiary/aromatic N) is 3. The maximum Gasteiger partial charge on any atom is 0.325 e. The summed E-state index contributed by atoms with van der Waals surface area (Å²) in [5.41, 5.74) is 3.66. The fourth-order valence-corrected chi connectivity index (χ4v) is 5.77. The Kier molecular flexibility index (Phi) is 9.60. The molecular weight excluding hydrogens is 483 g/mol. The molecule has 38 heavy (non-hydrogen) atoms. The zero-order valence-electron chi connectivity index (χ0n) is 23.3. The Morgan fingerprint density at radius 3 is 2.84 bits per heavy atom. The summed E-state index contributed by atoms with van der Waals surface area (Å²) in [4.78, 5) is 21.5. The number of halogens is 1. The van der Waals surface area contributed by atoms with Crippen molar-refractivity contribution < 1.29 is 19.0 Å². The van der Waals surface area contributed by atoms with E-state index in [0.29, 0.717) is 18.7 Å². The number of hydrogen-bond donors (Lipinski definition) is 2. The Labute approximate surface area is 226 Å². The molecule has 1 fully saturated rings. The zero-order chi connectivity index (χ0) is 27.2. The van der Waals surface area contributed by atoms with Crippen molar-refractivity contribution in [1.82, 2.24) is 14.8 Å². The smallest absolute Gasteiger partial charge is 0.325 e. The van der Waals surface area contributed by atoms with Crippen LogP contribution in [0.1, 0.15) is 80.3 Å². The summed E-state index contributed by atoms with van der Waals surface area (Å²) in [7, 11) is 3.52. The number of likely N-dealkylation sites (N-methyl/N-ethyl adjacent to an activating group) is 1. The number of likely N-dealkylation sites (tertiary alicyclic amines) is 1. The first-order valence-corrected chi connectivity index (χ1v) is 14.1. The number of aliphatic carboxylic acids is 1. The van der Waals surface area contributed by atoms with Crippen molar-refractivity contribution in [3.05, 3.63) is 52.5 Å². The van der Waals surface area contributed by atoms with E-state index >= 15 is 0 Å². The quantitative estimate of drug-likeness (QED) is 0.366. The van der Waals surface area contributed by atoms with Crippen LogP contribution in [0.2, 0.25) is 0 Å². The maximum atomic E-state index is 14.8. The molecule has 2 aromatic rings. The van der Waals surface area contributed by atoms with Gasteiger partial charge in [-0.15, -0.1) is 0 Å². The van der Waals surface area contributed by atoms with E-state index in [1.807, 2.05) is 18.7 Å². The maximum absolute atomic E-state index is 14.8. The summed E-state index contributed by atoms with van der Waals surface area (Å²) < 4.78 is 20.1. The van der Waals surface area contributed by atoms with Crippen molar-refractivity contribution in [3.63, 3.8) is 0 Å². The topological polar surface area (TPSA) is 77.9 Å². The highest BCUT2D eigenvalue weighted by atomic mass is 19.1. The van der Waals surface area contributed by atoms with Gasteiger partial charge in [-0.25, -0.2) is 9.37 Å². The van der Waals surface area contributed by atoms with E-state index in [4.69, 9.17) is 9.72 Å². The number of methoxy groups -OCH3 is 1. The van der Waals surface area contributed by atoms with Gasteiger partial charge in [-0.2, -0.15) is 0 Å². The van der Waals surface area contributed by atoms with E-state index < -0.39 is 17.8 Å². The van der Waals surface area contributed by atoms with Crippen LogP contribution in [0.15, 0.2) is 24.3 Å². The van der Waals surface area contributed by atoms with Gasteiger partial charge in [0.25, 0.3) is 0 Å². The summed E-state index contributed by atoms with van der Waals surface area (Å²) in [5.74, 6) is -0.300. The van der Waals surface area contributed by atoms with Gasteiger partial charge in [0.05, 0.1) is 7.11 Å². The first-order valence-electron chi connectivity index (χ1n) is 14.1. The Balaban J connectivity index is 1.29. The summed E-state index contributed by atoms with van der Waals surface area (Å²) in [6.07, 6.45) is 7.50. The van der Waals surface area contributed by atoms with Crippen molar-refractivity contribution in [3.8, 4) is 5.75 Å². The number of benzene rings is 1. The van der Waals surface area contributed by atoms with Gasteiger partial charge in [-0.3, -0.25) is 9.69 Å². The number of nitrogens with one attached hydrogen (secondary N) is 1. The second-order valence-electron chi connectivity index (χ2n) is 11.1. The van der Waals surface area contributed by atoms with Gasteiger partial charge >= 0.3 is 5.97 Å². The number of anilines is 1. The lowest BCUT2D eigenvalue weighted by atomic mass is 9.95. The lowest BCUT2D eigenvalue weighted by Gasteiger charge is -2.29. The zero-order valence-corrected chi connectivity index (χ0v) is 23.3. The van der Waals surface area contributed by atoms with E-state index in [9.17, 15) is 14.3 Å². The predicted molar refractivity (Wildman–Crippen MR) is 149 cm³/mol. The summed E-state index contributed by atoms with van der Waals surface area (Å²) in [5, 5.41) is 13.6. The van der Waals surface area contributed by atoms with Gasteiger partial charge in [-0.1, -0.05) is 26.3 Å². The van der Waals surface area contributed by atoms with E-state index in [1.165, 1.54) is 25.2 Å². The van der Waals surface area contributed by atoms with Crippen molar-refractivity contribution in [2.75, 3.05) is 45.7 Å². The molecule has 2 aliphatic rings. The van der Waals surface area contributed by atoms with Crippen molar-refractivity contribution in [2.45, 2.75) is 76.8 Å². The molecule has 1 aromatic carbocycles. The molecule has 2 N–H and O–H groups in total. The predicted octanol–water partition coefficient (Wildman–Crippen LogP) is 5.26. The van der Waals surface area contributed by atoms with Crippen LogP contribution >= 0.6 is 0 Å². The molecule has 8 heteroatoms. The summed E-state index contributed by atoms with van der Waals surface area (Å²) >= 11 is 0. The number of ether oxygens (including phenoxy) is 1. The molecule has 7 nitrogen and oxygen atoms in total. The minimum Gasteiger partial charge on any atom is -0.493 e. The van der Waals surface area contributed by atoms with Crippen LogP contribution in [0, 0.1) is 5.82 Å². The highest BCUT2D eigenvalue weighted by Crippen LogP contribution is 2.37. The number of fused-ring (bicyclic) bond motifs is 1. The average Bonchev–Trinajstić information content (AvgIpc) is 3.37. The van der Waals surface area contributed by atoms with E-state index in [-0.39, 0.29) is 17.7 Å². The molecule has 1 saturated heterocycles. The normalized spacial score (nSPS) is 18.4. The second-order valence-corrected chi connectivity index (χ2v) is 11.1. The van der Waals surface area contributed by atoms with E-state index in [2.05, 4.69) is 29.4 Å². The number of carboxylic acids is 1. The molecular formula is C30H43FN4O3. The number of aryl methyl sites for hydroxylation is 2. The van der Waals surface area contributed by atoms with Crippen LogP contribution in [0.3, 0.4) is 0 Å². The van der Waals surface area contributed by atoms with Crippen molar-refractivity contribution in [1.29, 1.82) is 0 Å². The monoisotopic (exact) mass is 526 g/mol. The third-order valence-electron chi connectivity index (χ3n) is 8.07. The van der Waals surface area contributed by atoms with Gasteiger partial charge in [-0.05, 0) is 87.4 Å². The molecule has 2 aliphatic heterocycles. The van der Waals surface area contributed by atoms with Crippen LogP contribution in [-0.4, -0.2) is 72.2 Å². The Morgan fingerprint density at radius 1 is 1.29 bits per heavy atom. The third-order valence-corrected chi connectivity index (χ3v) is 8.07. The number of pyridine rings is 1. The minimum atomic E-state index is -0.974. The number of unbranched alkanes of at least 4 members (excludes halogenated alkanes) is 2. The molecule has 4 rings (SSSR count). The molecule has 208 valence electrons. The summed E-state index contributed by atoms with van der Waals surface area (Å²) in [6.45, 7) is 7.22. The van der Waals surface area contributed by atoms with Gasteiger partial charge in [0.1, 0.15) is 11.9 Å². The van der Waals surface area contributed by atoms with Crippen LogP contribution in [0.5, 0.6) is 5.75 Å². The molecule has 0 spiro atoms. The van der Waals surface area contributed by atoms with Crippen LogP contribution in [0.4, 0.5) is 10.2 Å². The van der Waals surface area contributed by atoms with E-state index in [1.54, 1.807) is 6.07 Å². The number of carbonyl (C=O) groups is 1. The third kappa shape index (κ3) is 6.64. The lowest BCUT2D eigenvalue weighted by Crippen LogP contribution is -2.38. The number of hydrogen-bond acceptors (Lipinski definition) is 6. The molecule has 0 radical (unpaired) electrons. The number of carboxylic acid groups (broad SMARTS) is 1. The minimum absolute atomic E-state index is 0.0304. The Hall–Kier alpha value is -2.71. The first-order chi connectivity index (χ1) is 18.3. The molecule has 0 saturated carbocycles. The molecule has 2 unspecified atom stereocenters. The van der Waals surface area contributed by atoms with Gasteiger partial charge in [0.15, 0.2) is 11.6 Å². The number of rotatable bonds is 12. The lowest BCUT2D eigenvalue weighted by molar-refractivity contribution is -0.143. The highest BCUT2D eigenvalue weighted by molar-refractivity contribution is 5.77. The Bertz CT molecular complexity index is 1110. The van der Waals surface area contributed by atoms with E-state index in [0.717, 1.165) is 68.7 Å². The fraction of sp³-hybridized carbons (Fsp3) is 0.600. The largest absolute Gasteiger partial charge is 0.493 e. The fourth-order valence-electron chi connectivity index (χ4n) is 5.77. The number of aromatic nitrogens is 1. The molecule has 0 amide bonds. The summed E-state index contributed by atoms with van der Waals surface area (Å²) in [6, 6.07) is 6.98. The van der Waals surface area contributed by atoms with Gasteiger partial charge in [0, 0.05) is 36.9 Å². The van der Waals surface area contributed by atoms with Gasteiger partial charge in [0.2, 0.25) is 0 Å². The molecule has 2 atom stereocenters.